The Morgan fingerprint density at radius 2 is 1.35 bits per heavy atom. The van der Waals surface area contributed by atoms with Gasteiger partial charge in [-0.2, -0.15) is 0 Å². The van der Waals surface area contributed by atoms with Gasteiger partial charge >= 0.3 is 17.9 Å². The fourth-order valence-corrected chi connectivity index (χ4v) is 0.669. The first-order valence-electron chi connectivity index (χ1n) is 4.75. The minimum atomic E-state index is -1.26. The number of hydrogen-bond donors (Lipinski definition) is 3. The molecule has 0 aliphatic heterocycles. The van der Waals surface area contributed by atoms with Crippen LogP contribution in [0.3, 0.4) is 0 Å². The van der Waals surface area contributed by atoms with Crippen LogP contribution in [0.5, 0.6) is 0 Å². The fourth-order valence-electron chi connectivity index (χ4n) is 0.669. The molecule has 0 fully saturated rings. The Hall–Kier alpha value is -1.56. The molecule has 0 aliphatic rings. The summed E-state index contributed by atoms with van der Waals surface area (Å²) in [5.74, 6) is -3.20. The largest absolute Gasteiger partial charge is 0.481 e. The van der Waals surface area contributed by atoms with Crippen LogP contribution in [-0.4, -0.2) is 33.2 Å². The third-order valence-corrected chi connectivity index (χ3v) is 1.36. The van der Waals surface area contributed by atoms with E-state index in [1.807, 2.05) is 0 Å². The molecule has 0 amide bonds. The maximum absolute atomic E-state index is 9.87. The zero-order valence-corrected chi connectivity index (χ0v) is 10.3. The van der Waals surface area contributed by atoms with Crippen LogP contribution in [0.1, 0.15) is 32.6 Å². The number of carboxylic acids is 3. The predicted molar refractivity (Wildman–Crippen MR) is 63.4 cm³/mol. The van der Waals surface area contributed by atoms with Crippen LogP contribution in [0, 0.1) is 0 Å². The minimum Gasteiger partial charge on any atom is -0.481 e. The lowest BCUT2D eigenvalue weighted by atomic mass is 10.2. The van der Waals surface area contributed by atoms with Crippen molar-refractivity contribution in [2.75, 3.05) is 0 Å². The molecular weight excluding hydrogens is 252 g/mol. The van der Waals surface area contributed by atoms with Gasteiger partial charge in [0.05, 0.1) is 0 Å². The van der Waals surface area contributed by atoms with E-state index in [4.69, 9.17) is 15.3 Å². The zero-order valence-electron chi connectivity index (χ0n) is 9.46. The molecule has 0 aromatic carbocycles. The Kier molecular flexibility index (Phi) is 17.7. The maximum Gasteiger partial charge on any atom is 0.328 e. The van der Waals surface area contributed by atoms with Gasteiger partial charge in [0, 0.05) is 18.6 Å². The second kappa shape index (κ2) is 14.4. The van der Waals surface area contributed by atoms with Crippen molar-refractivity contribution < 1.29 is 29.7 Å². The lowest BCUT2D eigenvalue weighted by Crippen LogP contribution is -1.92. The van der Waals surface area contributed by atoms with Crippen LogP contribution >= 0.6 is 12.4 Å². The monoisotopic (exact) mass is 268 g/mol. The van der Waals surface area contributed by atoms with Crippen molar-refractivity contribution in [2.45, 2.75) is 32.6 Å². The molecule has 0 aromatic rings. The van der Waals surface area contributed by atoms with Crippen LogP contribution < -0.4 is 0 Å². The van der Waals surface area contributed by atoms with E-state index >= 15 is 0 Å². The number of carbonyl (C=O) groups is 3. The van der Waals surface area contributed by atoms with Gasteiger partial charge in [-0.25, -0.2) is 9.59 Å². The molecule has 0 bridgehead atoms. The average molecular weight is 269 g/mol. The van der Waals surface area contributed by atoms with Crippen LogP contribution in [0.4, 0.5) is 0 Å². The first-order chi connectivity index (χ1) is 7.40. The summed E-state index contributed by atoms with van der Waals surface area (Å²) in [7, 11) is 0. The van der Waals surface area contributed by atoms with Crippen molar-refractivity contribution in [3.8, 4) is 0 Å². The quantitative estimate of drug-likeness (QED) is 0.500. The van der Waals surface area contributed by atoms with Crippen molar-refractivity contribution in [3.63, 3.8) is 0 Å². The molecule has 0 heterocycles. The highest BCUT2D eigenvalue weighted by molar-refractivity contribution is 5.89. The third kappa shape index (κ3) is 31.4. The van der Waals surface area contributed by atoms with Gasteiger partial charge in [0.25, 0.3) is 0 Å². The van der Waals surface area contributed by atoms with E-state index < -0.39 is 17.9 Å². The highest BCUT2D eigenvalue weighted by atomic mass is 35.5. The number of halogens is 1. The molecule has 3 N–H and O–H groups in total. The number of unbranched alkanes of at least 4 members (excludes halogenated alkanes) is 2. The summed E-state index contributed by atoms with van der Waals surface area (Å²) in [5, 5.41) is 23.8. The summed E-state index contributed by atoms with van der Waals surface area (Å²) in [6.07, 6.45) is 4.39. The summed E-state index contributed by atoms with van der Waals surface area (Å²) in [6.45, 7) is 2.06. The van der Waals surface area contributed by atoms with Crippen LogP contribution in [0.15, 0.2) is 12.2 Å². The molecule has 0 saturated heterocycles. The van der Waals surface area contributed by atoms with E-state index in [0.29, 0.717) is 18.6 Å². The van der Waals surface area contributed by atoms with Gasteiger partial charge in [0.15, 0.2) is 0 Å². The van der Waals surface area contributed by atoms with E-state index in [-0.39, 0.29) is 12.4 Å². The molecule has 100 valence electrons. The van der Waals surface area contributed by atoms with Gasteiger partial charge in [-0.1, -0.05) is 19.8 Å². The Morgan fingerprint density at radius 1 is 0.941 bits per heavy atom. The van der Waals surface area contributed by atoms with Crippen molar-refractivity contribution in [2.24, 2.45) is 0 Å². The zero-order chi connectivity index (χ0) is 13.0. The molecule has 0 spiro atoms. The van der Waals surface area contributed by atoms with Gasteiger partial charge in [0.2, 0.25) is 0 Å². The molecular formula is C10H17ClO6. The second-order valence-electron chi connectivity index (χ2n) is 2.86. The van der Waals surface area contributed by atoms with Crippen molar-refractivity contribution in [1.29, 1.82) is 0 Å². The maximum atomic E-state index is 9.87. The SMILES string of the molecule is CCCCCC(=O)O.Cl.O=C(O)C=CC(=O)O. The first kappa shape index (κ1) is 20.8. The average Bonchev–Trinajstić information content (AvgIpc) is 2.16. The number of hydrogen-bond acceptors (Lipinski definition) is 3. The Morgan fingerprint density at radius 3 is 1.59 bits per heavy atom. The molecule has 0 radical (unpaired) electrons. The molecule has 0 rings (SSSR count). The van der Waals surface area contributed by atoms with E-state index in [0.717, 1.165) is 19.3 Å². The van der Waals surface area contributed by atoms with Crippen LogP contribution in [0.2, 0.25) is 0 Å². The standard InChI is InChI=1S/C6H12O2.C4H4O4.ClH/c1-2-3-4-5-6(7)8;5-3(6)1-2-4(7)8;/h2-5H2,1H3,(H,7,8);1-2H,(H,5,6)(H,7,8);1H. The topological polar surface area (TPSA) is 112 Å². The van der Waals surface area contributed by atoms with Gasteiger partial charge in [-0.15, -0.1) is 12.4 Å². The summed E-state index contributed by atoms with van der Waals surface area (Å²) in [5.41, 5.74) is 0. The van der Waals surface area contributed by atoms with E-state index in [9.17, 15) is 14.4 Å². The third-order valence-electron chi connectivity index (χ3n) is 1.36. The van der Waals surface area contributed by atoms with Crippen molar-refractivity contribution in [3.05, 3.63) is 12.2 Å². The summed E-state index contributed by atoms with van der Waals surface area (Å²) >= 11 is 0. The molecule has 6 nitrogen and oxygen atoms in total. The van der Waals surface area contributed by atoms with Crippen LogP contribution in [-0.2, 0) is 14.4 Å². The number of aliphatic carboxylic acids is 3. The second-order valence-corrected chi connectivity index (χ2v) is 2.86. The smallest absolute Gasteiger partial charge is 0.328 e. The van der Waals surface area contributed by atoms with Gasteiger partial charge in [0.1, 0.15) is 0 Å². The number of rotatable bonds is 6. The Labute approximate surface area is 105 Å². The summed E-state index contributed by atoms with van der Waals surface area (Å²) < 4.78 is 0. The fraction of sp³-hybridized carbons (Fsp3) is 0.500. The normalized spacial score (nSPS) is 8.76. The van der Waals surface area contributed by atoms with Gasteiger partial charge in [-0.05, 0) is 6.42 Å². The first-order valence-corrected chi connectivity index (χ1v) is 4.75. The molecule has 0 unspecified atom stereocenters. The van der Waals surface area contributed by atoms with E-state index in [2.05, 4.69) is 6.92 Å². The molecule has 17 heavy (non-hydrogen) atoms. The lowest BCUT2D eigenvalue weighted by molar-refractivity contribution is -0.137. The van der Waals surface area contributed by atoms with Crippen molar-refractivity contribution >= 4 is 30.3 Å². The summed E-state index contributed by atoms with van der Waals surface area (Å²) in [6, 6.07) is 0. The molecule has 0 atom stereocenters. The van der Waals surface area contributed by atoms with Gasteiger partial charge < -0.3 is 15.3 Å². The molecule has 0 aromatic heterocycles. The molecule has 7 heteroatoms. The minimum absolute atomic E-state index is 0. The predicted octanol–water partition coefficient (Wildman–Crippen LogP) is 1.78. The Bertz CT molecular complexity index is 246. The molecule has 0 aliphatic carbocycles. The highest BCUT2D eigenvalue weighted by Gasteiger charge is 1.92. The van der Waals surface area contributed by atoms with E-state index in [1.165, 1.54) is 0 Å². The number of carboxylic acid groups (broad SMARTS) is 3. The van der Waals surface area contributed by atoms with Gasteiger partial charge in [-0.3, -0.25) is 4.79 Å². The highest BCUT2D eigenvalue weighted by Crippen LogP contribution is 1.97. The Balaban J connectivity index is -0.000000218. The van der Waals surface area contributed by atoms with Crippen LogP contribution in [0.25, 0.3) is 0 Å². The van der Waals surface area contributed by atoms with E-state index in [1.54, 1.807) is 0 Å². The van der Waals surface area contributed by atoms with Crippen molar-refractivity contribution in [1.82, 2.24) is 0 Å². The summed E-state index contributed by atoms with van der Waals surface area (Å²) in [4.78, 5) is 29.0. The lowest BCUT2D eigenvalue weighted by Gasteiger charge is -1.89. The molecule has 0 saturated carbocycles.